The lowest BCUT2D eigenvalue weighted by Crippen LogP contribution is -2.44. The lowest BCUT2D eigenvalue weighted by Gasteiger charge is -2.24. The van der Waals surface area contributed by atoms with E-state index in [0.29, 0.717) is 0 Å². The van der Waals surface area contributed by atoms with Gasteiger partial charge >= 0.3 is 18.2 Å². The van der Waals surface area contributed by atoms with Crippen molar-refractivity contribution in [1.29, 1.82) is 0 Å². The van der Waals surface area contributed by atoms with Crippen molar-refractivity contribution < 1.29 is 33.7 Å². The summed E-state index contributed by atoms with van der Waals surface area (Å²) in [6.07, 6.45) is -1.36. The molecule has 28 heavy (non-hydrogen) atoms. The Bertz CT molecular complexity index is 643. The molecule has 1 rings (SSSR count). The van der Waals surface area contributed by atoms with Crippen LogP contribution in [0.1, 0.15) is 26.3 Å². The van der Waals surface area contributed by atoms with Crippen molar-refractivity contribution >= 4 is 18.2 Å². The maximum Gasteiger partial charge on any atom is 0.410 e. The van der Waals surface area contributed by atoms with Gasteiger partial charge in [0, 0.05) is 13.6 Å². The summed E-state index contributed by atoms with van der Waals surface area (Å²) in [6.45, 7) is 5.33. The number of ether oxygens (including phenoxy) is 3. The average molecular weight is 396 g/mol. The highest BCUT2D eigenvalue weighted by Crippen LogP contribution is 2.08. The van der Waals surface area contributed by atoms with Gasteiger partial charge in [0.25, 0.3) is 0 Å². The van der Waals surface area contributed by atoms with Gasteiger partial charge in [-0.25, -0.2) is 14.4 Å². The van der Waals surface area contributed by atoms with Crippen molar-refractivity contribution in [3.63, 3.8) is 0 Å². The van der Waals surface area contributed by atoms with Crippen LogP contribution in [0.15, 0.2) is 30.3 Å². The summed E-state index contributed by atoms with van der Waals surface area (Å²) in [6, 6.07) is 7.74. The molecule has 0 heterocycles. The molecule has 1 atom stereocenters. The van der Waals surface area contributed by atoms with Crippen LogP contribution < -0.4 is 5.32 Å². The van der Waals surface area contributed by atoms with E-state index in [4.69, 9.17) is 14.2 Å². The predicted molar refractivity (Wildman–Crippen MR) is 101 cm³/mol. The number of nitrogens with one attached hydrogen (secondary N) is 1. The van der Waals surface area contributed by atoms with E-state index in [1.165, 1.54) is 4.90 Å². The third-order valence-corrected chi connectivity index (χ3v) is 3.36. The Kier molecular flexibility index (Phi) is 9.23. The van der Waals surface area contributed by atoms with Crippen LogP contribution in [0.2, 0.25) is 0 Å². The van der Waals surface area contributed by atoms with Crippen molar-refractivity contribution in [1.82, 2.24) is 10.2 Å². The third kappa shape index (κ3) is 9.77. The number of aliphatic carboxylic acids is 1. The summed E-state index contributed by atoms with van der Waals surface area (Å²) in [5.74, 6) is -1.25. The predicted octanol–water partition coefficient (Wildman–Crippen LogP) is 2.25. The van der Waals surface area contributed by atoms with Crippen LogP contribution in [0.5, 0.6) is 0 Å². The molecule has 0 fully saturated rings. The van der Waals surface area contributed by atoms with Gasteiger partial charge in [-0.1, -0.05) is 30.3 Å². The summed E-state index contributed by atoms with van der Waals surface area (Å²) in [5, 5.41) is 11.4. The van der Waals surface area contributed by atoms with Gasteiger partial charge in [0.1, 0.15) is 12.2 Å². The molecule has 0 unspecified atom stereocenters. The molecule has 0 aliphatic heterocycles. The third-order valence-electron chi connectivity index (χ3n) is 3.36. The first-order chi connectivity index (χ1) is 13.1. The van der Waals surface area contributed by atoms with E-state index in [1.54, 1.807) is 52.1 Å². The largest absolute Gasteiger partial charge is 0.480 e. The Hall–Kier alpha value is -2.81. The van der Waals surface area contributed by atoms with Crippen molar-refractivity contribution in [2.75, 3.05) is 26.8 Å². The number of carboxylic acid groups (broad SMARTS) is 1. The SMILES string of the molecule is CN(CCOC[C@H](NC(=O)OCc1ccccc1)C(=O)O)C(=O)OC(C)(C)C. The Morgan fingerprint density at radius 1 is 1.18 bits per heavy atom. The van der Waals surface area contributed by atoms with Gasteiger partial charge in [0.05, 0.1) is 13.2 Å². The van der Waals surface area contributed by atoms with Crippen LogP contribution in [-0.2, 0) is 25.6 Å². The van der Waals surface area contributed by atoms with Crippen molar-refractivity contribution in [3.8, 4) is 0 Å². The Balaban J connectivity index is 2.33. The van der Waals surface area contributed by atoms with Crippen LogP contribution >= 0.6 is 0 Å². The molecule has 9 heteroatoms. The minimum atomic E-state index is -1.27. The zero-order valence-corrected chi connectivity index (χ0v) is 16.6. The number of likely N-dealkylation sites (N-methyl/N-ethyl adjacent to an activating group) is 1. The number of hydrogen-bond acceptors (Lipinski definition) is 6. The quantitative estimate of drug-likeness (QED) is 0.615. The zero-order valence-electron chi connectivity index (χ0n) is 16.6. The number of benzene rings is 1. The minimum absolute atomic E-state index is 0.0283. The highest BCUT2D eigenvalue weighted by molar-refractivity contribution is 5.80. The summed E-state index contributed by atoms with van der Waals surface area (Å²) in [4.78, 5) is 36.2. The minimum Gasteiger partial charge on any atom is -0.480 e. The summed E-state index contributed by atoms with van der Waals surface area (Å²) >= 11 is 0. The molecular weight excluding hydrogens is 368 g/mol. The second-order valence-electron chi connectivity index (χ2n) is 7.07. The number of alkyl carbamates (subject to hydrolysis) is 1. The number of rotatable bonds is 9. The zero-order chi connectivity index (χ0) is 21.2. The Morgan fingerprint density at radius 2 is 1.82 bits per heavy atom. The number of carbonyl (C=O) groups excluding carboxylic acids is 2. The first-order valence-corrected chi connectivity index (χ1v) is 8.80. The standard InChI is InChI=1S/C19H28N2O7/c1-19(2,3)28-18(25)21(4)10-11-26-13-15(16(22)23)20-17(24)27-12-14-8-6-5-7-9-14/h5-9,15H,10-13H2,1-4H3,(H,20,24)(H,22,23)/t15-/m0/s1. The normalized spacial score (nSPS) is 12.0. The van der Waals surface area contributed by atoms with Gasteiger partial charge in [0.2, 0.25) is 0 Å². The number of nitrogens with zero attached hydrogens (tertiary/aromatic N) is 1. The fourth-order valence-corrected chi connectivity index (χ4v) is 1.92. The summed E-state index contributed by atoms with van der Waals surface area (Å²) < 4.78 is 15.5. The van der Waals surface area contributed by atoms with E-state index in [0.717, 1.165) is 5.56 Å². The topological polar surface area (TPSA) is 114 Å². The molecule has 0 aromatic heterocycles. The number of hydrogen-bond donors (Lipinski definition) is 2. The van der Waals surface area contributed by atoms with E-state index < -0.39 is 29.8 Å². The van der Waals surface area contributed by atoms with E-state index in [1.807, 2.05) is 6.07 Å². The van der Waals surface area contributed by atoms with E-state index in [-0.39, 0.29) is 26.4 Å². The highest BCUT2D eigenvalue weighted by Gasteiger charge is 2.22. The molecule has 0 spiro atoms. The molecule has 1 aromatic carbocycles. The van der Waals surface area contributed by atoms with Gasteiger partial charge in [-0.15, -0.1) is 0 Å². The smallest absolute Gasteiger partial charge is 0.410 e. The van der Waals surface area contributed by atoms with Gasteiger partial charge in [-0.05, 0) is 26.3 Å². The van der Waals surface area contributed by atoms with Gasteiger partial charge in [-0.3, -0.25) is 0 Å². The second-order valence-corrected chi connectivity index (χ2v) is 7.07. The Morgan fingerprint density at radius 3 is 2.39 bits per heavy atom. The van der Waals surface area contributed by atoms with Crippen LogP contribution in [-0.4, -0.2) is 66.6 Å². The van der Waals surface area contributed by atoms with Crippen molar-refractivity contribution in [2.45, 2.75) is 39.0 Å². The lowest BCUT2D eigenvalue weighted by atomic mass is 10.2. The van der Waals surface area contributed by atoms with Crippen LogP contribution in [0.3, 0.4) is 0 Å². The fraction of sp³-hybridized carbons (Fsp3) is 0.526. The average Bonchev–Trinajstić information content (AvgIpc) is 2.61. The Labute approximate surface area is 164 Å². The van der Waals surface area contributed by atoms with Gasteiger partial charge in [0.15, 0.2) is 6.04 Å². The van der Waals surface area contributed by atoms with Crippen LogP contribution in [0, 0.1) is 0 Å². The van der Waals surface area contributed by atoms with Gasteiger partial charge < -0.3 is 29.5 Å². The molecule has 9 nitrogen and oxygen atoms in total. The van der Waals surface area contributed by atoms with Gasteiger partial charge in [-0.2, -0.15) is 0 Å². The van der Waals surface area contributed by atoms with Crippen LogP contribution in [0.4, 0.5) is 9.59 Å². The first-order valence-electron chi connectivity index (χ1n) is 8.80. The molecular formula is C19H28N2O7. The molecule has 0 bridgehead atoms. The molecule has 2 N–H and O–H groups in total. The molecule has 0 saturated carbocycles. The van der Waals surface area contributed by atoms with E-state index in [9.17, 15) is 19.5 Å². The monoisotopic (exact) mass is 396 g/mol. The molecule has 0 radical (unpaired) electrons. The number of carbonyl (C=O) groups is 3. The summed E-state index contributed by atoms with van der Waals surface area (Å²) in [5.41, 5.74) is 0.177. The van der Waals surface area contributed by atoms with Crippen molar-refractivity contribution in [3.05, 3.63) is 35.9 Å². The molecule has 156 valence electrons. The van der Waals surface area contributed by atoms with Crippen molar-refractivity contribution in [2.24, 2.45) is 0 Å². The lowest BCUT2D eigenvalue weighted by molar-refractivity contribution is -0.141. The maximum atomic E-state index is 11.8. The maximum absolute atomic E-state index is 11.8. The molecule has 1 aromatic rings. The second kappa shape index (κ2) is 11.1. The number of carboxylic acids is 1. The number of amides is 2. The molecule has 2 amide bonds. The molecule has 0 saturated heterocycles. The van der Waals surface area contributed by atoms with E-state index in [2.05, 4.69) is 5.32 Å². The van der Waals surface area contributed by atoms with Crippen LogP contribution in [0.25, 0.3) is 0 Å². The fourth-order valence-electron chi connectivity index (χ4n) is 1.92. The molecule has 0 aliphatic rings. The van der Waals surface area contributed by atoms with E-state index >= 15 is 0 Å². The highest BCUT2D eigenvalue weighted by atomic mass is 16.6. The molecule has 0 aliphatic carbocycles. The summed E-state index contributed by atoms with van der Waals surface area (Å²) in [7, 11) is 1.55. The first kappa shape index (κ1) is 23.2.